The molecule has 0 aromatic heterocycles. The zero-order chi connectivity index (χ0) is 23.8. The van der Waals surface area contributed by atoms with E-state index in [0.29, 0.717) is 24.5 Å². The van der Waals surface area contributed by atoms with E-state index in [1.54, 1.807) is 0 Å². The Morgan fingerprint density at radius 1 is 0.941 bits per heavy atom. The first kappa shape index (κ1) is 24.5. The molecule has 0 spiro atoms. The van der Waals surface area contributed by atoms with Crippen LogP contribution in [0.5, 0.6) is 5.75 Å². The van der Waals surface area contributed by atoms with E-state index in [1.807, 2.05) is 0 Å². The van der Waals surface area contributed by atoms with Crippen LogP contribution in [0.3, 0.4) is 0 Å². The zero-order valence-corrected chi connectivity index (χ0v) is 20.7. The highest BCUT2D eigenvalue weighted by Crippen LogP contribution is 2.50. The van der Waals surface area contributed by atoms with Crippen molar-refractivity contribution in [2.45, 2.75) is 89.9 Å². The van der Waals surface area contributed by atoms with Crippen LogP contribution in [0.2, 0.25) is 0 Å². The molecule has 0 N–H and O–H groups in total. The maximum Gasteiger partial charge on any atom is 0.133 e. The lowest BCUT2D eigenvalue weighted by Crippen LogP contribution is -2.36. The van der Waals surface area contributed by atoms with Gasteiger partial charge < -0.3 is 4.74 Å². The molecule has 180 valence electrons. The van der Waals surface area contributed by atoms with Crippen LogP contribution in [0, 0.1) is 22.7 Å². The predicted octanol–water partition coefficient (Wildman–Crippen LogP) is 8.24. The van der Waals surface area contributed by atoms with Crippen molar-refractivity contribution in [1.29, 1.82) is 5.26 Å². The maximum absolute atomic E-state index is 12.0. The highest BCUT2D eigenvalue weighted by molar-refractivity contribution is 5.79. The second kappa shape index (κ2) is 11.7. The Kier molecular flexibility index (Phi) is 8.44. The van der Waals surface area contributed by atoms with E-state index in [9.17, 15) is 10.1 Å². The lowest BCUT2D eigenvalue weighted by atomic mass is 9.60. The molecule has 2 aliphatic rings. The number of carbonyl (C=O) groups excluding carboxylic acids is 1. The van der Waals surface area contributed by atoms with Gasteiger partial charge in [-0.2, -0.15) is 5.26 Å². The third-order valence-corrected chi connectivity index (χ3v) is 8.20. The molecule has 0 saturated heterocycles. The number of benzene rings is 2. The molecule has 0 bridgehead atoms. The van der Waals surface area contributed by atoms with Crippen LogP contribution in [0.25, 0.3) is 11.1 Å². The molecule has 2 aromatic rings. The Morgan fingerprint density at radius 3 is 2.24 bits per heavy atom. The van der Waals surface area contributed by atoms with Crippen LogP contribution in [0.1, 0.15) is 95.5 Å². The van der Waals surface area contributed by atoms with Crippen LogP contribution < -0.4 is 4.74 Å². The summed E-state index contributed by atoms with van der Waals surface area (Å²) in [6.07, 6.45) is 12.2. The molecular formula is C31H39NO2. The Balaban J connectivity index is 1.32. The van der Waals surface area contributed by atoms with Gasteiger partial charge in [0.1, 0.15) is 11.5 Å². The van der Waals surface area contributed by atoms with Gasteiger partial charge in [0.25, 0.3) is 0 Å². The molecule has 0 unspecified atom stereocenters. The summed E-state index contributed by atoms with van der Waals surface area (Å²) in [5, 5.41) is 10.0. The van der Waals surface area contributed by atoms with E-state index < -0.39 is 0 Å². The van der Waals surface area contributed by atoms with Crippen LogP contribution in [-0.4, -0.2) is 12.4 Å². The summed E-state index contributed by atoms with van der Waals surface area (Å²) < 4.78 is 5.88. The topological polar surface area (TPSA) is 50.1 Å². The number of hydrogen-bond acceptors (Lipinski definition) is 3. The van der Waals surface area contributed by atoms with Crippen molar-refractivity contribution < 1.29 is 9.53 Å². The van der Waals surface area contributed by atoms with Crippen LogP contribution in [0.15, 0.2) is 48.5 Å². The predicted molar refractivity (Wildman–Crippen MR) is 138 cm³/mol. The molecule has 4 rings (SSSR count). The SMILES string of the molecule is CCCCCCOc1ccc(-c2ccc([C@H]3CC[C@@](C#N)([C@@H]4CCCC(=O)C4)CC3)cc2)cc1. The van der Waals surface area contributed by atoms with E-state index in [0.717, 1.165) is 57.3 Å². The number of nitrogens with zero attached hydrogens (tertiary/aromatic N) is 1. The summed E-state index contributed by atoms with van der Waals surface area (Å²) in [4.78, 5) is 12.0. The van der Waals surface area contributed by atoms with Crippen molar-refractivity contribution in [2.75, 3.05) is 6.61 Å². The van der Waals surface area contributed by atoms with Crippen molar-refractivity contribution in [3.8, 4) is 22.9 Å². The van der Waals surface area contributed by atoms with Gasteiger partial charge in [-0.25, -0.2) is 0 Å². The summed E-state index contributed by atoms with van der Waals surface area (Å²) in [6, 6.07) is 20.1. The highest BCUT2D eigenvalue weighted by atomic mass is 16.5. The number of hydrogen-bond donors (Lipinski definition) is 0. The molecule has 2 aromatic carbocycles. The Hall–Kier alpha value is -2.60. The molecule has 1 atom stereocenters. The van der Waals surface area contributed by atoms with E-state index in [4.69, 9.17) is 4.74 Å². The minimum absolute atomic E-state index is 0.269. The fourth-order valence-electron chi connectivity index (χ4n) is 5.98. The number of Topliss-reactive ketones (excluding diaryl/α,β-unsaturated/α-hetero) is 1. The van der Waals surface area contributed by atoms with Gasteiger partial charge in [0, 0.05) is 12.8 Å². The van der Waals surface area contributed by atoms with Crippen molar-refractivity contribution in [1.82, 2.24) is 0 Å². The molecular weight excluding hydrogens is 418 g/mol. The van der Waals surface area contributed by atoms with E-state index in [1.165, 1.54) is 36.0 Å². The first-order valence-electron chi connectivity index (χ1n) is 13.4. The summed E-state index contributed by atoms with van der Waals surface area (Å²) in [6.45, 7) is 3.02. The second-order valence-electron chi connectivity index (χ2n) is 10.4. The number of carbonyl (C=O) groups is 1. The summed E-state index contributed by atoms with van der Waals surface area (Å²) in [5.74, 6) is 2.08. The third-order valence-electron chi connectivity index (χ3n) is 8.20. The van der Waals surface area contributed by atoms with Gasteiger partial charge in [-0.15, -0.1) is 0 Å². The standard InChI is InChI=1S/C31H39NO2/c1-2-3-4-5-21-34-30-15-13-26(14-16-30)24-9-11-25(12-10-24)27-17-19-31(23-32,20-18-27)28-7-6-8-29(33)22-28/h9-16,27-28H,2-8,17-22H2,1H3/t27-,28-,31+/m1/s1. The Labute approximate surface area is 205 Å². The smallest absolute Gasteiger partial charge is 0.133 e. The molecule has 34 heavy (non-hydrogen) atoms. The summed E-state index contributed by atoms with van der Waals surface area (Å²) >= 11 is 0. The largest absolute Gasteiger partial charge is 0.494 e. The molecule has 0 heterocycles. The first-order valence-corrected chi connectivity index (χ1v) is 13.4. The monoisotopic (exact) mass is 457 g/mol. The van der Waals surface area contributed by atoms with Crippen molar-refractivity contribution >= 4 is 5.78 Å². The molecule has 2 fully saturated rings. The zero-order valence-electron chi connectivity index (χ0n) is 20.7. The number of unbranched alkanes of at least 4 members (excludes halogenated alkanes) is 3. The van der Waals surface area contributed by atoms with Gasteiger partial charge in [-0.1, -0.05) is 62.6 Å². The molecule has 0 aliphatic heterocycles. The van der Waals surface area contributed by atoms with Gasteiger partial charge in [-0.05, 0) is 85.6 Å². The molecule has 0 radical (unpaired) electrons. The molecule has 3 heteroatoms. The number of ether oxygens (including phenoxy) is 1. The van der Waals surface area contributed by atoms with Gasteiger partial charge in [0.2, 0.25) is 0 Å². The van der Waals surface area contributed by atoms with E-state index in [2.05, 4.69) is 61.5 Å². The van der Waals surface area contributed by atoms with Crippen molar-refractivity contribution in [3.05, 3.63) is 54.1 Å². The highest BCUT2D eigenvalue weighted by Gasteiger charge is 2.43. The fourth-order valence-corrected chi connectivity index (χ4v) is 5.98. The van der Waals surface area contributed by atoms with Crippen LogP contribution in [0.4, 0.5) is 0 Å². The Morgan fingerprint density at radius 2 is 1.62 bits per heavy atom. The Bertz CT molecular complexity index is 962. The number of nitriles is 1. The quantitative estimate of drug-likeness (QED) is 0.356. The van der Waals surface area contributed by atoms with Gasteiger partial charge in [0.05, 0.1) is 18.1 Å². The van der Waals surface area contributed by atoms with Crippen LogP contribution in [-0.2, 0) is 4.79 Å². The molecule has 3 nitrogen and oxygen atoms in total. The lowest BCUT2D eigenvalue weighted by molar-refractivity contribution is -0.123. The van der Waals surface area contributed by atoms with Crippen LogP contribution >= 0.6 is 0 Å². The third kappa shape index (κ3) is 5.90. The van der Waals surface area contributed by atoms with Gasteiger partial charge in [0.15, 0.2) is 0 Å². The molecule has 2 saturated carbocycles. The minimum Gasteiger partial charge on any atom is -0.494 e. The minimum atomic E-state index is -0.285. The summed E-state index contributed by atoms with van der Waals surface area (Å²) in [7, 11) is 0. The van der Waals surface area contributed by atoms with E-state index in [-0.39, 0.29) is 11.3 Å². The fraction of sp³-hybridized carbons (Fsp3) is 0.548. The average molecular weight is 458 g/mol. The normalized spacial score (nSPS) is 25.0. The summed E-state index contributed by atoms with van der Waals surface area (Å²) in [5.41, 5.74) is 3.52. The second-order valence-corrected chi connectivity index (χ2v) is 10.4. The van der Waals surface area contributed by atoms with E-state index >= 15 is 0 Å². The molecule has 0 amide bonds. The van der Waals surface area contributed by atoms with Gasteiger partial charge in [-0.3, -0.25) is 4.79 Å². The van der Waals surface area contributed by atoms with Gasteiger partial charge >= 0.3 is 0 Å². The number of rotatable bonds is 9. The first-order chi connectivity index (χ1) is 16.6. The van der Waals surface area contributed by atoms with Crippen molar-refractivity contribution in [3.63, 3.8) is 0 Å². The average Bonchev–Trinajstić information content (AvgIpc) is 2.89. The lowest BCUT2D eigenvalue weighted by Gasteiger charge is -2.42. The number of ketones is 1. The molecule has 2 aliphatic carbocycles. The van der Waals surface area contributed by atoms with Crippen molar-refractivity contribution in [2.24, 2.45) is 11.3 Å². The maximum atomic E-state index is 12.0.